The number of nitrogens with zero attached hydrogens (tertiary/aromatic N) is 4. The summed E-state index contributed by atoms with van der Waals surface area (Å²) in [6.45, 7) is 0.0628. The molecule has 0 bridgehead atoms. The number of pyridine rings is 1. The predicted octanol–water partition coefficient (Wildman–Crippen LogP) is 9.53. The van der Waals surface area contributed by atoms with E-state index in [-0.39, 0.29) is 6.71 Å². The first-order chi connectivity index (χ1) is 24.3. The molecule has 0 spiro atoms. The molecule has 0 amide bonds. The molecule has 4 nitrogen and oxygen atoms in total. The number of fused-ring (bicyclic) bond motifs is 12. The number of rotatable bonds is 2. The summed E-state index contributed by atoms with van der Waals surface area (Å²) >= 11 is 1.94. The average molecular weight is 641 g/mol. The minimum atomic E-state index is 0.0628. The Hall–Kier alpha value is -6.11. The molecule has 0 atom stereocenters. The van der Waals surface area contributed by atoms with E-state index >= 15 is 0 Å². The average Bonchev–Trinajstić information content (AvgIpc) is 3.82. The van der Waals surface area contributed by atoms with Crippen LogP contribution in [0.15, 0.2) is 152 Å². The van der Waals surface area contributed by atoms with Gasteiger partial charge in [0.05, 0.1) is 27.8 Å². The molecule has 226 valence electrons. The van der Waals surface area contributed by atoms with Crippen LogP contribution in [0.4, 0.5) is 34.1 Å². The fourth-order valence-corrected chi connectivity index (χ4v) is 10.2. The van der Waals surface area contributed by atoms with Crippen molar-refractivity contribution in [3.8, 4) is 0 Å². The second kappa shape index (κ2) is 9.28. The van der Waals surface area contributed by atoms with Crippen molar-refractivity contribution in [2.24, 2.45) is 0 Å². The summed E-state index contributed by atoms with van der Waals surface area (Å²) < 4.78 is 5.16. The van der Waals surface area contributed by atoms with Gasteiger partial charge in [-0.1, -0.05) is 78.9 Å². The Kier molecular flexibility index (Phi) is 4.91. The maximum Gasteiger partial charge on any atom is 0.264 e. The quantitative estimate of drug-likeness (QED) is 0.176. The molecule has 6 heteroatoms. The van der Waals surface area contributed by atoms with Crippen LogP contribution in [0.5, 0.6) is 0 Å². The van der Waals surface area contributed by atoms with Crippen molar-refractivity contribution in [2.45, 2.75) is 0 Å². The van der Waals surface area contributed by atoms with Crippen LogP contribution in [0.2, 0.25) is 0 Å². The molecule has 0 saturated heterocycles. The molecular formula is C43H25BN4S. The van der Waals surface area contributed by atoms with Gasteiger partial charge in [-0.3, -0.25) is 4.98 Å². The Morgan fingerprint density at radius 1 is 0.531 bits per heavy atom. The number of hydrogen-bond acceptors (Lipinski definition) is 4. The highest BCUT2D eigenvalue weighted by Gasteiger charge is 2.45. The minimum absolute atomic E-state index is 0.0628. The van der Waals surface area contributed by atoms with Gasteiger partial charge in [0.2, 0.25) is 0 Å². The first kappa shape index (κ1) is 25.9. The molecule has 0 N–H and O–H groups in total. The first-order valence-corrected chi connectivity index (χ1v) is 17.6. The topological polar surface area (TPSA) is 23.8 Å². The van der Waals surface area contributed by atoms with Gasteiger partial charge in [0.15, 0.2) is 0 Å². The number of thiophene rings is 1. The monoisotopic (exact) mass is 640 g/mol. The van der Waals surface area contributed by atoms with Gasteiger partial charge in [-0.15, -0.1) is 11.3 Å². The first-order valence-electron chi connectivity index (χ1n) is 16.8. The molecule has 2 aliphatic rings. The van der Waals surface area contributed by atoms with Crippen LogP contribution in [-0.4, -0.2) is 16.1 Å². The van der Waals surface area contributed by atoms with Crippen molar-refractivity contribution >= 4 is 116 Å². The van der Waals surface area contributed by atoms with Gasteiger partial charge in [0, 0.05) is 65.7 Å². The predicted molar refractivity (Wildman–Crippen MR) is 208 cm³/mol. The Morgan fingerprint density at radius 2 is 1.22 bits per heavy atom. The Labute approximate surface area is 286 Å². The van der Waals surface area contributed by atoms with E-state index in [9.17, 15) is 0 Å². The molecule has 49 heavy (non-hydrogen) atoms. The third-order valence-electron chi connectivity index (χ3n) is 10.7. The van der Waals surface area contributed by atoms with Crippen molar-refractivity contribution < 1.29 is 0 Å². The van der Waals surface area contributed by atoms with Gasteiger partial charge in [0.25, 0.3) is 6.71 Å². The van der Waals surface area contributed by atoms with Crippen molar-refractivity contribution in [3.63, 3.8) is 0 Å². The molecule has 12 rings (SSSR count). The third kappa shape index (κ3) is 3.22. The SMILES string of the molecule is c1ccc(N2c3cc4c5nccc6c7ccccc7n(c4cc3B3c4sc7ccccc7c4N(c4ccccc4)c4cccc2c43)c65)cc1. The summed E-state index contributed by atoms with van der Waals surface area (Å²) in [7, 11) is 0. The van der Waals surface area contributed by atoms with Gasteiger partial charge in [-0.2, -0.15) is 0 Å². The lowest BCUT2D eigenvalue weighted by Crippen LogP contribution is -2.60. The third-order valence-corrected chi connectivity index (χ3v) is 11.9. The molecule has 0 aliphatic carbocycles. The molecule has 4 aromatic heterocycles. The standard InChI is InChI=1S/C43H25BN4S/c1-3-12-26(13-4-1)46-34-19-11-20-35-39(34)44(43-42(30-17-8-10-21-38(30)49-43)47(35)27-14-5-2-6-15-27)32-25-36-31(24-37(32)46)40-41-29(22-23-45-40)28-16-7-9-18-33(28)48(36)41/h1-25H. The fourth-order valence-electron chi connectivity index (χ4n) is 8.84. The second-order valence-electron chi connectivity index (χ2n) is 13.1. The molecule has 6 aromatic carbocycles. The number of aromatic nitrogens is 2. The van der Waals surface area contributed by atoms with Crippen LogP contribution in [0.25, 0.3) is 48.3 Å². The molecular weight excluding hydrogens is 615 g/mol. The zero-order valence-corrected chi connectivity index (χ0v) is 27.0. The normalized spacial score (nSPS) is 13.6. The van der Waals surface area contributed by atoms with Gasteiger partial charge in [-0.05, 0) is 77.7 Å². The van der Waals surface area contributed by atoms with E-state index < -0.39 is 0 Å². The van der Waals surface area contributed by atoms with Gasteiger partial charge in [-0.25, -0.2) is 0 Å². The Morgan fingerprint density at radius 3 is 2.04 bits per heavy atom. The molecule has 10 aromatic rings. The zero-order chi connectivity index (χ0) is 31.8. The lowest BCUT2D eigenvalue weighted by Gasteiger charge is -2.43. The van der Waals surface area contributed by atoms with E-state index in [1.807, 2.05) is 17.5 Å². The Balaban J connectivity index is 1.26. The van der Waals surface area contributed by atoms with Gasteiger partial charge >= 0.3 is 0 Å². The summed E-state index contributed by atoms with van der Waals surface area (Å²) in [4.78, 5) is 10.0. The Bertz CT molecular complexity index is 2970. The summed E-state index contributed by atoms with van der Waals surface area (Å²) in [5.41, 5.74) is 14.6. The smallest absolute Gasteiger partial charge is 0.264 e. The van der Waals surface area contributed by atoms with Crippen LogP contribution in [0.3, 0.4) is 0 Å². The number of benzene rings is 6. The molecule has 0 fully saturated rings. The zero-order valence-electron chi connectivity index (χ0n) is 26.2. The molecule has 2 aliphatic heterocycles. The summed E-state index contributed by atoms with van der Waals surface area (Å²) in [6, 6.07) is 53.4. The van der Waals surface area contributed by atoms with Crippen molar-refractivity contribution in [2.75, 3.05) is 9.80 Å². The lowest BCUT2D eigenvalue weighted by molar-refractivity contribution is 1.26. The number of para-hydroxylation sites is 3. The highest BCUT2D eigenvalue weighted by molar-refractivity contribution is 7.33. The van der Waals surface area contributed by atoms with E-state index in [2.05, 4.69) is 160 Å². The second-order valence-corrected chi connectivity index (χ2v) is 14.2. The highest BCUT2D eigenvalue weighted by Crippen LogP contribution is 2.48. The number of hydrogen-bond donors (Lipinski definition) is 0. The minimum Gasteiger partial charge on any atom is -0.311 e. The largest absolute Gasteiger partial charge is 0.311 e. The summed E-state index contributed by atoms with van der Waals surface area (Å²) in [5, 5.41) is 5.00. The number of anilines is 6. The van der Waals surface area contributed by atoms with Gasteiger partial charge < -0.3 is 14.2 Å². The molecule has 6 heterocycles. The maximum atomic E-state index is 5.03. The maximum absolute atomic E-state index is 5.03. The molecule has 0 unspecified atom stereocenters. The van der Waals surface area contributed by atoms with Crippen LogP contribution in [0, 0.1) is 0 Å². The van der Waals surface area contributed by atoms with Crippen molar-refractivity contribution in [3.05, 3.63) is 152 Å². The highest BCUT2D eigenvalue weighted by atomic mass is 32.1. The molecule has 0 radical (unpaired) electrons. The fraction of sp³-hybridized carbons (Fsp3) is 0. The van der Waals surface area contributed by atoms with E-state index in [4.69, 9.17) is 4.98 Å². The van der Waals surface area contributed by atoms with Crippen LogP contribution >= 0.6 is 11.3 Å². The lowest BCUT2D eigenvalue weighted by atomic mass is 9.36. The summed E-state index contributed by atoms with van der Waals surface area (Å²) in [5.74, 6) is 0. The van der Waals surface area contributed by atoms with Gasteiger partial charge in [0.1, 0.15) is 0 Å². The van der Waals surface area contributed by atoms with E-state index in [0.717, 1.165) is 11.2 Å². The van der Waals surface area contributed by atoms with E-state index in [1.54, 1.807) is 0 Å². The van der Waals surface area contributed by atoms with E-state index in [0.29, 0.717) is 0 Å². The van der Waals surface area contributed by atoms with Crippen molar-refractivity contribution in [1.82, 2.24) is 9.38 Å². The van der Waals surface area contributed by atoms with Crippen LogP contribution in [0.1, 0.15) is 0 Å². The van der Waals surface area contributed by atoms with Crippen LogP contribution < -0.4 is 25.5 Å². The van der Waals surface area contributed by atoms with Crippen LogP contribution in [-0.2, 0) is 0 Å². The summed E-state index contributed by atoms with van der Waals surface area (Å²) in [6.07, 6.45) is 1.97. The van der Waals surface area contributed by atoms with Crippen molar-refractivity contribution in [1.29, 1.82) is 0 Å². The molecule has 0 saturated carbocycles. The van der Waals surface area contributed by atoms with E-state index in [1.165, 1.54) is 86.9 Å².